The highest BCUT2D eigenvalue weighted by molar-refractivity contribution is 6.51. The minimum atomic E-state index is -0.812. The van der Waals surface area contributed by atoms with E-state index in [-0.39, 0.29) is 11.3 Å². The maximum Gasteiger partial charge on any atom is 0.301 e. The molecule has 172 valence electrons. The van der Waals surface area contributed by atoms with Gasteiger partial charge in [0, 0.05) is 11.8 Å². The lowest BCUT2D eigenvalue weighted by molar-refractivity contribution is -0.132. The van der Waals surface area contributed by atoms with E-state index in [9.17, 15) is 14.7 Å². The predicted octanol–water partition coefficient (Wildman–Crippen LogP) is 5.40. The van der Waals surface area contributed by atoms with Crippen molar-refractivity contribution < 1.29 is 19.4 Å². The number of aliphatic hydroxyl groups is 1. The molecule has 1 fully saturated rings. The molecule has 4 rings (SSSR count). The molecule has 1 unspecified atom stereocenters. The Kier molecular flexibility index (Phi) is 6.59. The SMILES string of the molecule is C=CCOc1ccc(C(O)=C2C(=O)C(=O)N(c3ccccn3)C2c2ccc(C(C)C)cc2)cc1. The summed E-state index contributed by atoms with van der Waals surface area (Å²) in [6, 6.07) is 18.8. The summed E-state index contributed by atoms with van der Waals surface area (Å²) in [4.78, 5) is 32.0. The highest BCUT2D eigenvalue weighted by Gasteiger charge is 2.47. The van der Waals surface area contributed by atoms with Crippen molar-refractivity contribution >= 4 is 23.3 Å². The largest absolute Gasteiger partial charge is 0.507 e. The van der Waals surface area contributed by atoms with Crippen molar-refractivity contribution in [2.45, 2.75) is 25.8 Å². The van der Waals surface area contributed by atoms with Crippen LogP contribution in [0, 0.1) is 0 Å². The Hall–Kier alpha value is -4.19. The third-order valence-corrected chi connectivity index (χ3v) is 5.76. The first-order valence-electron chi connectivity index (χ1n) is 11.1. The molecule has 34 heavy (non-hydrogen) atoms. The highest BCUT2D eigenvalue weighted by atomic mass is 16.5. The van der Waals surface area contributed by atoms with Crippen LogP contribution < -0.4 is 9.64 Å². The Morgan fingerprint density at radius 1 is 1.09 bits per heavy atom. The molecule has 0 radical (unpaired) electrons. The zero-order chi connectivity index (χ0) is 24.2. The molecule has 1 aromatic heterocycles. The van der Waals surface area contributed by atoms with Gasteiger partial charge in [0.2, 0.25) is 0 Å². The van der Waals surface area contributed by atoms with E-state index in [4.69, 9.17) is 4.74 Å². The van der Waals surface area contributed by atoms with Crippen LogP contribution in [0.1, 0.15) is 42.5 Å². The molecule has 1 aliphatic rings. The van der Waals surface area contributed by atoms with Gasteiger partial charge < -0.3 is 9.84 Å². The summed E-state index contributed by atoms with van der Waals surface area (Å²) in [5, 5.41) is 11.2. The summed E-state index contributed by atoms with van der Waals surface area (Å²) < 4.78 is 5.50. The molecule has 6 heteroatoms. The second kappa shape index (κ2) is 9.75. The van der Waals surface area contributed by atoms with Crippen molar-refractivity contribution in [1.29, 1.82) is 0 Å². The van der Waals surface area contributed by atoms with Gasteiger partial charge in [-0.1, -0.05) is 56.8 Å². The molecular formula is C28H26N2O4. The number of aromatic nitrogens is 1. The minimum absolute atomic E-state index is 0.0210. The van der Waals surface area contributed by atoms with Crippen LogP contribution >= 0.6 is 0 Å². The second-order valence-electron chi connectivity index (χ2n) is 8.30. The van der Waals surface area contributed by atoms with Crippen molar-refractivity contribution in [3.63, 3.8) is 0 Å². The number of carbonyl (C=O) groups is 2. The van der Waals surface area contributed by atoms with Crippen LogP contribution in [0.5, 0.6) is 5.75 Å². The minimum Gasteiger partial charge on any atom is -0.507 e. The molecule has 1 atom stereocenters. The van der Waals surface area contributed by atoms with E-state index in [1.807, 2.05) is 24.3 Å². The van der Waals surface area contributed by atoms with Crippen molar-refractivity contribution in [2.24, 2.45) is 0 Å². The molecule has 0 spiro atoms. The lowest BCUT2D eigenvalue weighted by Crippen LogP contribution is -2.30. The summed E-state index contributed by atoms with van der Waals surface area (Å²) >= 11 is 0. The molecule has 1 amide bonds. The average Bonchev–Trinajstić information content (AvgIpc) is 3.13. The Bertz CT molecular complexity index is 1230. The number of rotatable bonds is 7. The molecular weight excluding hydrogens is 428 g/mol. The Balaban J connectivity index is 1.84. The molecule has 0 saturated carbocycles. The number of ketones is 1. The number of aliphatic hydroxyl groups excluding tert-OH is 1. The fraction of sp³-hybridized carbons (Fsp3) is 0.179. The fourth-order valence-electron chi connectivity index (χ4n) is 3.96. The highest BCUT2D eigenvalue weighted by Crippen LogP contribution is 2.41. The van der Waals surface area contributed by atoms with Crippen molar-refractivity contribution in [3.8, 4) is 5.75 Å². The molecule has 1 saturated heterocycles. The number of carbonyl (C=O) groups excluding carboxylic acids is 2. The van der Waals surface area contributed by atoms with Crippen LogP contribution in [0.4, 0.5) is 5.82 Å². The third-order valence-electron chi connectivity index (χ3n) is 5.76. The van der Waals surface area contributed by atoms with Crippen LogP contribution in [-0.4, -0.2) is 28.4 Å². The molecule has 0 aliphatic carbocycles. The van der Waals surface area contributed by atoms with Crippen molar-refractivity contribution in [3.05, 3.63) is 108 Å². The summed E-state index contributed by atoms with van der Waals surface area (Å²) in [6.07, 6.45) is 3.20. The maximum atomic E-state index is 13.2. The van der Waals surface area contributed by atoms with Crippen LogP contribution in [0.15, 0.2) is 91.2 Å². The standard InChI is InChI=1S/C28H26N2O4/c1-4-17-34-22-14-12-21(13-15-22)26(31)24-25(20-10-8-19(9-11-20)18(2)3)30(28(33)27(24)32)23-7-5-6-16-29-23/h4-16,18,25,31H,1,17H2,2-3H3. The van der Waals surface area contributed by atoms with E-state index in [0.29, 0.717) is 35.2 Å². The number of pyridine rings is 1. The zero-order valence-corrected chi connectivity index (χ0v) is 19.1. The van der Waals surface area contributed by atoms with Crippen LogP contribution in [-0.2, 0) is 9.59 Å². The van der Waals surface area contributed by atoms with Gasteiger partial charge in [-0.3, -0.25) is 14.5 Å². The molecule has 3 aromatic rings. The first-order valence-corrected chi connectivity index (χ1v) is 11.1. The van der Waals surface area contributed by atoms with E-state index < -0.39 is 17.7 Å². The van der Waals surface area contributed by atoms with Gasteiger partial charge in [-0.15, -0.1) is 0 Å². The van der Waals surface area contributed by atoms with Gasteiger partial charge in [0.15, 0.2) is 0 Å². The molecule has 1 N–H and O–H groups in total. The number of ether oxygens (including phenoxy) is 1. The van der Waals surface area contributed by atoms with Crippen LogP contribution in [0.25, 0.3) is 5.76 Å². The van der Waals surface area contributed by atoms with Gasteiger partial charge in [-0.25, -0.2) is 4.98 Å². The topological polar surface area (TPSA) is 79.7 Å². The molecule has 1 aliphatic heterocycles. The van der Waals surface area contributed by atoms with Gasteiger partial charge in [0.05, 0.1) is 11.6 Å². The summed E-state index contributed by atoms with van der Waals surface area (Å²) in [7, 11) is 0. The van der Waals surface area contributed by atoms with Gasteiger partial charge in [-0.2, -0.15) is 0 Å². The van der Waals surface area contributed by atoms with Gasteiger partial charge in [0.25, 0.3) is 5.78 Å². The monoisotopic (exact) mass is 454 g/mol. The second-order valence-corrected chi connectivity index (χ2v) is 8.30. The zero-order valence-electron chi connectivity index (χ0n) is 19.1. The fourth-order valence-corrected chi connectivity index (χ4v) is 3.96. The summed E-state index contributed by atoms with van der Waals surface area (Å²) in [6.45, 7) is 8.17. The number of hydrogen-bond acceptors (Lipinski definition) is 5. The lowest BCUT2D eigenvalue weighted by Gasteiger charge is -2.24. The molecule has 2 heterocycles. The van der Waals surface area contributed by atoms with Gasteiger partial charge in [-0.05, 0) is 53.4 Å². The number of anilines is 1. The van der Waals surface area contributed by atoms with E-state index >= 15 is 0 Å². The van der Waals surface area contributed by atoms with Gasteiger partial charge >= 0.3 is 5.91 Å². The number of benzene rings is 2. The van der Waals surface area contributed by atoms with Crippen LogP contribution in [0.2, 0.25) is 0 Å². The first-order chi connectivity index (χ1) is 16.4. The lowest BCUT2D eigenvalue weighted by atomic mass is 9.93. The van der Waals surface area contributed by atoms with E-state index in [1.165, 1.54) is 4.90 Å². The average molecular weight is 455 g/mol. The smallest absolute Gasteiger partial charge is 0.301 e. The van der Waals surface area contributed by atoms with Crippen molar-refractivity contribution in [1.82, 2.24) is 4.98 Å². The predicted molar refractivity (Wildman–Crippen MR) is 132 cm³/mol. The Labute approximate surface area is 198 Å². The van der Waals surface area contributed by atoms with Gasteiger partial charge in [0.1, 0.15) is 23.9 Å². The van der Waals surface area contributed by atoms with E-state index in [0.717, 1.165) is 5.56 Å². The summed E-state index contributed by atoms with van der Waals surface area (Å²) in [5.41, 5.74) is 2.27. The molecule has 2 aromatic carbocycles. The van der Waals surface area contributed by atoms with E-state index in [2.05, 4.69) is 25.4 Å². The Morgan fingerprint density at radius 3 is 2.38 bits per heavy atom. The number of amides is 1. The number of nitrogens with zero attached hydrogens (tertiary/aromatic N) is 2. The van der Waals surface area contributed by atoms with E-state index in [1.54, 1.807) is 54.7 Å². The first kappa shape index (κ1) is 23.0. The molecule has 6 nitrogen and oxygen atoms in total. The summed E-state index contributed by atoms with van der Waals surface area (Å²) in [5.74, 6) is -0.457. The normalized spacial score (nSPS) is 17.3. The number of hydrogen-bond donors (Lipinski definition) is 1. The maximum absolute atomic E-state index is 13.2. The molecule has 0 bridgehead atoms. The van der Waals surface area contributed by atoms with Crippen molar-refractivity contribution in [2.75, 3.05) is 11.5 Å². The third kappa shape index (κ3) is 4.35. The number of Topliss-reactive ketones (excluding diaryl/α,β-unsaturated/α-hetero) is 1. The van der Waals surface area contributed by atoms with Crippen LogP contribution in [0.3, 0.4) is 0 Å². The Morgan fingerprint density at radius 2 is 1.79 bits per heavy atom. The quantitative estimate of drug-likeness (QED) is 0.224.